The van der Waals surface area contributed by atoms with Crippen LogP contribution in [-0.4, -0.2) is 39.7 Å². The number of aryl methyl sites for hydroxylation is 2. The summed E-state index contributed by atoms with van der Waals surface area (Å²) >= 11 is 0. The number of benzene rings is 1. The van der Waals surface area contributed by atoms with E-state index in [4.69, 9.17) is 10.2 Å². The zero-order valence-corrected chi connectivity index (χ0v) is 11.2. The van der Waals surface area contributed by atoms with Gasteiger partial charge in [0.25, 0.3) is 5.91 Å². The van der Waals surface area contributed by atoms with E-state index < -0.39 is 18.0 Å². The lowest BCUT2D eigenvalue weighted by Crippen LogP contribution is -2.36. The first-order valence-corrected chi connectivity index (χ1v) is 6.18. The van der Waals surface area contributed by atoms with Crippen molar-refractivity contribution in [3.63, 3.8) is 0 Å². The lowest BCUT2D eigenvalue weighted by Gasteiger charge is -2.08. The number of H-pyrrole nitrogens is 1. The maximum absolute atomic E-state index is 11.9. The minimum atomic E-state index is -1.60. The number of aliphatic hydroxyl groups excluding tert-OH is 1. The summed E-state index contributed by atoms with van der Waals surface area (Å²) in [5.74, 6) is -1.77. The molecule has 0 spiro atoms. The molecule has 4 N–H and O–H groups in total. The molecule has 1 aromatic heterocycles. The maximum atomic E-state index is 11.9. The second-order valence-corrected chi connectivity index (χ2v) is 4.70. The van der Waals surface area contributed by atoms with Gasteiger partial charge in [-0.1, -0.05) is 0 Å². The molecule has 0 radical (unpaired) electrons. The molecule has 106 valence electrons. The van der Waals surface area contributed by atoms with Gasteiger partial charge in [-0.05, 0) is 37.6 Å². The maximum Gasteiger partial charge on any atom is 0.334 e. The largest absolute Gasteiger partial charge is 0.479 e. The van der Waals surface area contributed by atoms with E-state index in [1.54, 1.807) is 18.2 Å². The number of rotatable bonds is 4. The van der Waals surface area contributed by atoms with Crippen molar-refractivity contribution in [1.82, 2.24) is 10.3 Å². The van der Waals surface area contributed by atoms with Gasteiger partial charge in [0.05, 0.1) is 6.54 Å². The quantitative estimate of drug-likeness (QED) is 0.668. The average molecular weight is 276 g/mol. The van der Waals surface area contributed by atoms with Gasteiger partial charge in [0.2, 0.25) is 0 Å². The highest BCUT2D eigenvalue weighted by Gasteiger charge is 2.15. The number of hydrogen-bond donors (Lipinski definition) is 4. The molecular formula is C14H16N2O4. The summed E-state index contributed by atoms with van der Waals surface area (Å²) in [5, 5.41) is 21.0. The molecular weight excluding hydrogens is 260 g/mol. The predicted octanol–water partition coefficient (Wildman–Crippen LogP) is 0.960. The van der Waals surface area contributed by atoms with E-state index in [0.717, 1.165) is 22.2 Å². The van der Waals surface area contributed by atoms with E-state index in [9.17, 15) is 9.59 Å². The number of aliphatic carboxylic acids is 1. The van der Waals surface area contributed by atoms with Crippen LogP contribution in [0.15, 0.2) is 18.2 Å². The molecule has 0 unspecified atom stereocenters. The molecule has 0 bridgehead atoms. The fraction of sp³-hybridized carbons (Fsp3) is 0.286. The molecule has 0 aliphatic heterocycles. The fourth-order valence-corrected chi connectivity index (χ4v) is 1.98. The second kappa shape index (κ2) is 5.34. The first-order chi connectivity index (χ1) is 9.40. The Balaban J connectivity index is 2.18. The Kier molecular flexibility index (Phi) is 3.76. The molecule has 6 nitrogen and oxygen atoms in total. The molecule has 0 aliphatic rings. The summed E-state index contributed by atoms with van der Waals surface area (Å²) in [6, 6.07) is 5.20. The van der Waals surface area contributed by atoms with E-state index in [-0.39, 0.29) is 6.54 Å². The van der Waals surface area contributed by atoms with Crippen molar-refractivity contribution in [2.45, 2.75) is 20.0 Å². The number of aromatic amines is 1. The number of amides is 1. The highest BCUT2D eigenvalue weighted by Crippen LogP contribution is 2.22. The van der Waals surface area contributed by atoms with Gasteiger partial charge in [-0.2, -0.15) is 0 Å². The van der Waals surface area contributed by atoms with E-state index in [1.807, 2.05) is 13.8 Å². The Labute approximate surface area is 115 Å². The van der Waals surface area contributed by atoms with E-state index in [2.05, 4.69) is 10.3 Å². The Bertz CT molecular complexity index is 675. The zero-order chi connectivity index (χ0) is 14.9. The van der Waals surface area contributed by atoms with Crippen LogP contribution >= 0.6 is 0 Å². The summed E-state index contributed by atoms with van der Waals surface area (Å²) < 4.78 is 0. The molecule has 0 aliphatic carbocycles. The highest BCUT2D eigenvalue weighted by molar-refractivity contribution is 5.99. The lowest BCUT2D eigenvalue weighted by molar-refractivity contribution is -0.146. The Morgan fingerprint density at radius 3 is 2.70 bits per heavy atom. The van der Waals surface area contributed by atoms with Crippen molar-refractivity contribution in [3.05, 3.63) is 35.0 Å². The van der Waals surface area contributed by atoms with Crippen LogP contribution in [0.5, 0.6) is 0 Å². The first-order valence-electron chi connectivity index (χ1n) is 6.18. The fourth-order valence-electron chi connectivity index (χ4n) is 1.98. The van der Waals surface area contributed by atoms with Gasteiger partial charge in [-0.25, -0.2) is 4.79 Å². The third-order valence-electron chi connectivity index (χ3n) is 3.31. The van der Waals surface area contributed by atoms with E-state index in [1.165, 1.54) is 0 Å². The number of aliphatic hydroxyl groups is 1. The van der Waals surface area contributed by atoms with Crippen molar-refractivity contribution in [1.29, 1.82) is 0 Å². The average Bonchev–Trinajstić information content (AvgIpc) is 2.70. The molecule has 20 heavy (non-hydrogen) atoms. The van der Waals surface area contributed by atoms with Crippen LogP contribution in [0.3, 0.4) is 0 Å². The van der Waals surface area contributed by atoms with Gasteiger partial charge in [-0.15, -0.1) is 0 Å². The first kappa shape index (κ1) is 14.1. The third kappa shape index (κ3) is 2.65. The molecule has 1 atom stereocenters. The zero-order valence-electron chi connectivity index (χ0n) is 11.2. The van der Waals surface area contributed by atoms with Gasteiger partial charge >= 0.3 is 5.97 Å². The molecule has 2 rings (SSSR count). The summed E-state index contributed by atoms with van der Waals surface area (Å²) in [5.41, 5.74) is 3.48. The Morgan fingerprint density at radius 2 is 2.05 bits per heavy atom. The monoisotopic (exact) mass is 276 g/mol. The number of carboxylic acids is 1. The number of carbonyl (C=O) groups is 2. The molecule has 1 amide bonds. The summed E-state index contributed by atoms with van der Waals surface area (Å²) in [6.07, 6.45) is -1.60. The number of carbonyl (C=O) groups excluding carboxylic acids is 1. The summed E-state index contributed by atoms with van der Waals surface area (Å²) in [4.78, 5) is 25.6. The molecule has 0 saturated carbocycles. The van der Waals surface area contributed by atoms with E-state index in [0.29, 0.717) is 5.56 Å². The van der Waals surface area contributed by atoms with Crippen molar-refractivity contribution >= 4 is 22.8 Å². The molecule has 1 aromatic carbocycles. The minimum Gasteiger partial charge on any atom is -0.479 e. The van der Waals surface area contributed by atoms with Crippen LogP contribution < -0.4 is 5.32 Å². The second-order valence-electron chi connectivity index (χ2n) is 4.70. The van der Waals surface area contributed by atoms with Crippen molar-refractivity contribution in [2.24, 2.45) is 0 Å². The number of nitrogens with one attached hydrogen (secondary N) is 2. The van der Waals surface area contributed by atoms with Crippen molar-refractivity contribution in [2.75, 3.05) is 6.54 Å². The third-order valence-corrected chi connectivity index (χ3v) is 3.31. The normalized spacial score (nSPS) is 12.3. The molecule has 0 fully saturated rings. The number of carboxylic acid groups (broad SMARTS) is 1. The van der Waals surface area contributed by atoms with Crippen LogP contribution in [0.25, 0.3) is 10.9 Å². The molecule has 1 heterocycles. The predicted molar refractivity (Wildman–Crippen MR) is 73.7 cm³/mol. The smallest absolute Gasteiger partial charge is 0.334 e. The molecule has 6 heteroatoms. The van der Waals surface area contributed by atoms with Gasteiger partial charge in [0.1, 0.15) is 0 Å². The Morgan fingerprint density at radius 1 is 1.35 bits per heavy atom. The van der Waals surface area contributed by atoms with Gasteiger partial charge in [-0.3, -0.25) is 4.79 Å². The van der Waals surface area contributed by atoms with Crippen molar-refractivity contribution < 1.29 is 19.8 Å². The van der Waals surface area contributed by atoms with Crippen LogP contribution in [0.4, 0.5) is 0 Å². The minimum absolute atomic E-state index is 0.322. The van der Waals surface area contributed by atoms with E-state index >= 15 is 0 Å². The van der Waals surface area contributed by atoms with Crippen LogP contribution in [-0.2, 0) is 4.79 Å². The topological polar surface area (TPSA) is 102 Å². The number of fused-ring (bicyclic) bond motifs is 1. The van der Waals surface area contributed by atoms with Gasteiger partial charge in [0, 0.05) is 22.2 Å². The van der Waals surface area contributed by atoms with Crippen molar-refractivity contribution in [3.8, 4) is 0 Å². The SMILES string of the molecule is Cc1[nH]c2ccc(C(=O)NC[C@H](O)C(=O)O)cc2c1C. The highest BCUT2D eigenvalue weighted by atomic mass is 16.4. The summed E-state index contributed by atoms with van der Waals surface area (Å²) in [6.45, 7) is 3.60. The van der Waals surface area contributed by atoms with Gasteiger partial charge < -0.3 is 20.5 Å². The van der Waals surface area contributed by atoms with Crippen LogP contribution in [0, 0.1) is 13.8 Å². The Hall–Kier alpha value is -2.34. The number of aromatic nitrogens is 1. The molecule has 0 saturated heterocycles. The number of hydrogen-bond acceptors (Lipinski definition) is 3. The summed E-state index contributed by atoms with van der Waals surface area (Å²) in [7, 11) is 0. The standard InChI is InChI=1S/C14H16N2O4/c1-7-8(2)16-11-4-3-9(5-10(7)11)13(18)15-6-12(17)14(19)20/h3-5,12,16-17H,6H2,1-2H3,(H,15,18)(H,19,20)/t12-/m0/s1. The van der Waals surface area contributed by atoms with Crippen LogP contribution in [0.2, 0.25) is 0 Å². The van der Waals surface area contributed by atoms with Crippen LogP contribution in [0.1, 0.15) is 21.6 Å². The lowest BCUT2D eigenvalue weighted by atomic mass is 10.1. The van der Waals surface area contributed by atoms with Gasteiger partial charge in [0.15, 0.2) is 6.10 Å². The molecule has 2 aromatic rings.